The molecule has 3 nitrogen and oxygen atoms in total. The van der Waals surface area contributed by atoms with Crippen LogP contribution >= 0.6 is 0 Å². The highest BCUT2D eigenvalue weighted by Gasteiger charge is 2.47. The zero-order valence-corrected chi connectivity index (χ0v) is 9.70. The van der Waals surface area contributed by atoms with Gasteiger partial charge in [0.05, 0.1) is 13.2 Å². The molecular formula is C11H20F2N2O. The van der Waals surface area contributed by atoms with Crippen molar-refractivity contribution in [2.24, 2.45) is 0 Å². The van der Waals surface area contributed by atoms with Crippen molar-refractivity contribution in [3.63, 3.8) is 0 Å². The molecular weight excluding hydrogens is 214 g/mol. The number of rotatable bonds is 2. The van der Waals surface area contributed by atoms with E-state index >= 15 is 0 Å². The Bertz CT molecular complexity index is 242. The quantitative estimate of drug-likeness (QED) is 0.765. The molecule has 2 heterocycles. The maximum absolute atomic E-state index is 13.3. The van der Waals surface area contributed by atoms with Gasteiger partial charge in [-0.3, -0.25) is 4.90 Å². The molecule has 16 heavy (non-hydrogen) atoms. The van der Waals surface area contributed by atoms with E-state index < -0.39 is 5.92 Å². The summed E-state index contributed by atoms with van der Waals surface area (Å²) in [6.45, 7) is 1.60. The lowest BCUT2D eigenvalue weighted by Crippen LogP contribution is -2.47. The summed E-state index contributed by atoms with van der Waals surface area (Å²) >= 11 is 0. The van der Waals surface area contributed by atoms with Crippen LogP contribution in [-0.4, -0.2) is 66.2 Å². The van der Waals surface area contributed by atoms with Gasteiger partial charge in [-0.25, -0.2) is 8.78 Å². The monoisotopic (exact) mass is 234 g/mol. The zero-order chi connectivity index (χ0) is 11.8. The summed E-state index contributed by atoms with van der Waals surface area (Å²) in [5, 5.41) is 9.17. The molecule has 0 spiro atoms. The highest BCUT2D eigenvalue weighted by atomic mass is 19.3. The van der Waals surface area contributed by atoms with Crippen LogP contribution in [0, 0.1) is 0 Å². The normalized spacial score (nSPS) is 33.4. The van der Waals surface area contributed by atoms with E-state index in [1.54, 1.807) is 0 Å². The van der Waals surface area contributed by atoms with Crippen molar-refractivity contribution in [2.45, 2.75) is 37.3 Å². The second-order valence-corrected chi connectivity index (χ2v) is 5.10. The van der Waals surface area contributed by atoms with E-state index in [4.69, 9.17) is 5.11 Å². The molecule has 2 rings (SSSR count). The van der Waals surface area contributed by atoms with Crippen LogP contribution < -0.4 is 0 Å². The van der Waals surface area contributed by atoms with E-state index in [0.29, 0.717) is 0 Å². The summed E-state index contributed by atoms with van der Waals surface area (Å²) in [6, 6.07) is -0.120. The van der Waals surface area contributed by atoms with Gasteiger partial charge >= 0.3 is 0 Å². The van der Waals surface area contributed by atoms with Crippen LogP contribution in [0.1, 0.15) is 19.3 Å². The minimum absolute atomic E-state index is 0.151. The van der Waals surface area contributed by atoms with Crippen molar-refractivity contribution in [1.29, 1.82) is 0 Å². The summed E-state index contributed by atoms with van der Waals surface area (Å²) in [7, 11) is 2.05. The van der Waals surface area contributed by atoms with Gasteiger partial charge in [0.1, 0.15) is 0 Å². The van der Waals surface area contributed by atoms with E-state index in [-0.39, 0.29) is 31.7 Å². The van der Waals surface area contributed by atoms with Gasteiger partial charge in [0.15, 0.2) is 0 Å². The molecule has 1 unspecified atom stereocenters. The molecule has 2 aliphatic rings. The number of aliphatic hydroxyl groups excluding tert-OH is 1. The Morgan fingerprint density at radius 1 is 1.31 bits per heavy atom. The Morgan fingerprint density at radius 2 is 1.94 bits per heavy atom. The molecule has 0 amide bonds. The van der Waals surface area contributed by atoms with Crippen molar-refractivity contribution in [2.75, 3.05) is 33.3 Å². The third-order valence-corrected chi connectivity index (χ3v) is 3.79. The first kappa shape index (κ1) is 12.2. The van der Waals surface area contributed by atoms with E-state index in [9.17, 15) is 8.78 Å². The molecule has 5 heteroatoms. The highest BCUT2D eigenvalue weighted by molar-refractivity contribution is 4.94. The highest BCUT2D eigenvalue weighted by Crippen LogP contribution is 2.35. The molecule has 1 atom stereocenters. The molecule has 2 fully saturated rings. The second kappa shape index (κ2) is 4.55. The standard InChI is InChI=1S/C11H20F2N2O/c1-14-4-2-9(3-5-14)15-8-11(12,13)6-10(15)7-16/h9-10,16H,2-8H2,1H3. The maximum Gasteiger partial charge on any atom is 0.262 e. The summed E-state index contributed by atoms with van der Waals surface area (Å²) in [6.07, 6.45) is 1.68. The number of hydrogen-bond donors (Lipinski definition) is 1. The number of piperidine rings is 1. The van der Waals surface area contributed by atoms with E-state index in [0.717, 1.165) is 25.9 Å². The van der Waals surface area contributed by atoms with Gasteiger partial charge in [-0.05, 0) is 33.0 Å². The van der Waals surface area contributed by atoms with Crippen LogP contribution in [0.25, 0.3) is 0 Å². The molecule has 0 aromatic rings. The lowest BCUT2D eigenvalue weighted by atomic mass is 10.0. The summed E-state index contributed by atoms with van der Waals surface area (Å²) in [5.41, 5.74) is 0. The maximum atomic E-state index is 13.3. The van der Waals surface area contributed by atoms with Crippen molar-refractivity contribution in [1.82, 2.24) is 9.80 Å². The fourth-order valence-electron chi connectivity index (χ4n) is 2.85. The Labute approximate surface area is 95.0 Å². The number of hydrogen-bond acceptors (Lipinski definition) is 3. The average Bonchev–Trinajstić information content (AvgIpc) is 2.55. The number of alkyl halides is 2. The van der Waals surface area contributed by atoms with Crippen LogP contribution in [0.2, 0.25) is 0 Å². The number of likely N-dealkylation sites (tertiary alicyclic amines) is 2. The molecule has 0 radical (unpaired) electrons. The van der Waals surface area contributed by atoms with Crippen molar-refractivity contribution >= 4 is 0 Å². The lowest BCUT2D eigenvalue weighted by molar-refractivity contribution is 0.00365. The topological polar surface area (TPSA) is 26.7 Å². The van der Waals surface area contributed by atoms with Gasteiger partial charge in [-0.2, -0.15) is 0 Å². The summed E-state index contributed by atoms with van der Waals surface area (Å²) in [4.78, 5) is 4.05. The first-order valence-corrected chi connectivity index (χ1v) is 5.95. The van der Waals surface area contributed by atoms with E-state index in [2.05, 4.69) is 11.9 Å². The van der Waals surface area contributed by atoms with Gasteiger partial charge in [0.25, 0.3) is 5.92 Å². The smallest absolute Gasteiger partial charge is 0.262 e. The fraction of sp³-hybridized carbons (Fsp3) is 1.00. The Morgan fingerprint density at radius 3 is 2.50 bits per heavy atom. The summed E-state index contributed by atoms with van der Waals surface area (Å²) < 4.78 is 26.6. The van der Waals surface area contributed by atoms with Crippen molar-refractivity contribution in [3.05, 3.63) is 0 Å². The van der Waals surface area contributed by atoms with Gasteiger partial charge in [0.2, 0.25) is 0 Å². The van der Waals surface area contributed by atoms with Crippen molar-refractivity contribution < 1.29 is 13.9 Å². The third-order valence-electron chi connectivity index (χ3n) is 3.79. The largest absolute Gasteiger partial charge is 0.395 e. The van der Waals surface area contributed by atoms with Gasteiger partial charge in [-0.1, -0.05) is 0 Å². The molecule has 1 N–H and O–H groups in total. The van der Waals surface area contributed by atoms with Crippen LogP contribution in [0.15, 0.2) is 0 Å². The molecule has 0 aliphatic carbocycles. The van der Waals surface area contributed by atoms with Crippen molar-refractivity contribution in [3.8, 4) is 0 Å². The predicted molar refractivity (Wildman–Crippen MR) is 57.7 cm³/mol. The molecule has 0 saturated carbocycles. The molecule has 0 aromatic carbocycles. The Hall–Kier alpha value is -0.260. The SMILES string of the molecule is CN1CCC(N2CC(F)(F)CC2CO)CC1. The minimum Gasteiger partial charge on any atom is -0.395 e. The fourth-order valence-corrected chi connectivity index (χ4v) is 2.85. The van der Waals surface area contributed by atoms with Crippen LogP contribution in [0.4, 0.5) is 8.78 Å². The minimum atomic E-state index is -2.61. The molecule has 94 valence electrons. The third kappa shape index (κ3) is 2.52. The number of halogens is 2. The van der Waals surface area contributed by atoms with Gasteiger partial charge in [-0.15, -0.1) is 0 Å². The van der Waals surface area contributed by atoms with Crippen LogP contribution in [0.5, 0.6) is 0 Å². The van der Waals surface area contributed by atoms with Gasteiger partial charge < -0.3 is 10.0 Å². The molecule has 0 bridgehead atoms. The zero-order valence-electron chi connectivity index (χ0n) is 9.70. The van der Waals surface area contributed by atoms with Gasteiger partial charge in [0, 0.05) is 18.5 Å². The molecule has 0 aromatic heterocycles. The number of aliphatic hydroxyl groups is 1. The molecule has 2 aliphatic heterocycles. The average molecular weight is 234 g/mol. The Kier molecular flexibility index (Phi) is 3.47. The number of nitrogens with zero attached hydrogens (tertiary/aromatic N) is 2. The predicted octanol–water partition coefficient (Wildman–Crippen LogP) is 0.782. The van der Waals surface area contributed by atoms with E-state index in [1.165, 1.54) is 0 Å². The first-order chi connectivity index (χ1) is 7.52. The Balaban J connectivity index is 1.97. The summed E-state index contributed by atoms with van der Waals surface area (Å²) in [5.74, 6) is -2.61. The van der Waals surface area contributed by atoms with Crippen LogP contribution in [-0.2, 0) is 0 Å². The second-order valence-electron chi connectivity index (χ2n) is 5.10. The lowest BCUT2D eigenvalue weighted by Gasteiger charge is -2.37. The molecule has 2 saturated heterocycles. The van der Waals surface area contributed by atoms with Crippen LogP contribution in [0.3, 0.4) is 0 Å². The van der Waals surface area contributed by atoms with E-state index in [1.807, 2.05) is 4.90 Å². The first-order valence-electron chi connectivity index (χ1n) is 5.95.